The van der Waals surface area contributed by atoms with Gasteiger partial charge in [-0.3, -0.25) is 4.79 Å². The van der Waals surface area contributed by atoms with Crippen molar-refractivity contribution in [2.75, 3.05) is 6.61 Å². The zero-order chi connectivity index (χ0) is 10.5. The molecular formula is C6H9F3N2O2. The lowest BCUT2D eigenvalue weighted by atomic mass is 10.2. The standard InChI is InChI=1S/C6H9F3N2O2/c1-2-13-5(12)3-4(11-10)6(7,8)9/h4,10H,2-3H2,1H3. The highest BCUT2D eigenvalue weighted by molar-refractivity contribution is 5.70. The Hall–Kier alpha value is -1.14. The molecule has 0 saturated heterocycles. The van der Waals surface area contributed by atoms with E-state index >= 15 is 0 Å². The van der Waals surface area contributed by atoms with Crippen molar-refractivity contribution in [3.05, 3.63) is 0 Å². The molecule has 1 N–H and O–H groups in total. The van der Waals surface area contributed by atoms with E-state index in [0.717, 1.165) is 0 Å². The van der Waals surface area contributed by atoms with E-state index in [1.807, 2.05) is 0 Å². The van der Waals surface area contributed by atoms with Gasteiger partial charge >= 0.3 is 12.1 Å². The summed E-state index contributed by atoms with van der Waals surface area (Å²) in [4.78, 5) is 10.6. The van der Waals surface area contributed by atoms with Gasteiger partial charge in [-0.25, -0.2) is 5.53 Å². The van der Waals surface area contributed by atoms with Crippen LogP contribution in [-0.2, 0) is 9.53 Å². The maximum absolute atomic E-state index is 11.9. The average Bonchev–Trinajstić information content (AvgIpc) is 1.98. The van der Waals surface area contributed by atoms with E-state index in [1.165, 1.54) is 6.92 Å². The predicted molar refractivity (Wildman–Crippen MR) is 36.2 cm³/mol. The number of rotatable bonds is 4. The van der Waals surface area contributed by atoms with Crippen LogP contribution in [0.4, 0.5) is 13.2 Å². The molecule has 0 aromatic rings. The van der Waals surface area contributed by atoms with Crippen molar-refractivity contribution in [1.29, 1.82) is 5.53 Å². The summed E-state index contributed by atoms with van der Waals surface area (Å²) in [5.41, 5.74) is 6.24. The first-order valence-electron chi connectivity index (χ1n) is 3.50. The second-order valence-corrected chi connectivity index (χ2v) is 2.20. The lowest BCUT2D eigenvalue weighted by Crippen LogP contribution is -2.29. The van der Waals surface area contributed by atoms with E-state index in [4.69, 9.17) is 5.53 Å². The molecule has 0 fully saturated rings. The van der Waals surface area contributed by atoms with Crippen molar-refractivity contribution < 1.29 is 22.7 Å². The first kappa shape index (κ1) is 11.9. The third kappa shape index (κ3) is 4.44. The monoisotopic (exact) mass is 198 g/mol. The normalized spacial score (nSPS) is 13.5. The van der Waals surface area contributed by atoms with Crippen molar-refractivity contribution in [3.8, 4) is 0 Å². The van der Waals surface area contributed by atoms with Gasteiger partial charge in [0.2, 0.25) is 0 Å². The first-order chi connectivity index (χ1) is 5.91. The quantitative estimate of drug-likeness (QED) is 0.553. The average molecular weight is 198 g/mol. The largest absolute Gasteiger partial charge is 0.466 e. The fourth-order valence-corrected chi connectivity index (χ4v) is 0.612. The molecule has 0 aromatic heterocycles. The zero-order valence-corrected chi connectivity index (χ0v) is 6.89. The van der Waals surface area contributed by atoms with Crippen LogP contribution >= 0.6 is 0 Å². The first-order valence-corrected chi connectivity index (χ1v) is 3.50. The van der Waals surface area contributed by atoms with Gasteiger partial charge in [-0.15, -0.1) is 0 Å². The topological polar surface area (TPSA) is 62.5 Å². The van der Waals surface area contributed by atoms with Crippen molar-refractivity contribution >= 4 is 5.97 Å². The summed E-state index contributed by atoms with van der Waals surface area (Å²) in [6.45, 7) is 1.50. The van der Waals surface area contributed by atoms with Crippen molar-refractivity contribution in [3.63, 3.8) is 0 Å². The minimum atomic E-state index is -4.66. The maximum Gasteiger partial charge on any atom is 0.413 e. The highest BCUT2D eigenvalue weighted by Gasteiger charge is 2.41. The molecule has 1 unspecified atom stereocenters. The summed E-state index contributed by atoms with van der Waals surface area (Å²) >= 11 is 0. The molecular weight excluding hydrogens is 189 g/mol. The Morgan fingerprint density at radius 1 is 1.62 bits per heavy atom. The maximum atomic E-state index is 11.9. The molecule has 7 heteroatoms. The molecule has 4 nitrogen and oxygen atoms in total. The van der Waals surface area contributed by atoms with Crippen LogP contribution in [0, 0.1) is 5.53 Å². The Balaban J connectivity index is 4.14. The van der Waals surface area contributed by atoms with Gasteiger partial charge < -0.3 is 4.74 Å². The number of hydrogen-bond acceptors (Lipinski definition) is 4. The molecule has 0 spiro atoms. The Morgan fingerprint density at radius 3 is 2.46 bits per heavy atom. The SMILES string of the molecule is CCOC(=O)CC(N=N)C(F)(F)F. The summed E-state index contributed by atoms with van der Waals surface area (Å²) in [5, 5.41) is 2.31. The lowest BCUT2D eigenvalue weighted by molar-refractivity contribution is -0.164. The van der Waals surface area contributed by atoms with Crippen LogP contribution in [0.2, 0.25) is 0 Å². The Morgan fingerprint density at radius 2 is 2.15 bits per heavy atom. The molecule has 1 atom stereocenters. The van der Waals surface area contributed by atoms with E-state index in [9.17, 15) is 18.0 Å². The third-order valence-electron chi connectivity index (χ3n) is 1.20. The highest BCUT2D eigenvalue weighted by atomic mass is 19.4. The fraction of sp³-hybridized carbons (Fsp3) is 0.833. The number of alkyl halides is 3. The number of carbonyl (C=O) groups excluding carboxylic acids is 1. The van der Waals surface area contributed by atoms with Gasteiger partial charge in [0, 0.05) is 0 Å². The minimum Gasteiger partial charge on any atom is -0.466 e. The van der Waals surface area contributed by atoms with E-state index in [-0.39, 0.29) is 6.61 Å². The minimum absolute atomic E-state index is 0.0153. The summed E-state index contributed by atoms with van der Waals surface area (Å²) in [6.07, 6.45) is -5.59. The number of esters is 1. The van der Waals surface area contributed by atoms with Gasteiger partial charge in [0.25, 0.3) is 0 Å². The van der Waals surface area contributed by atoms with Crippen LogP contribution in [0.1, 0.15) is 13.3 Å². The lowest BCUT2D eigenvalue weighted by Gasteiger charge is -2.12. The molecule has 0 aliphatic heterocycles. The molecule has 0 rings (SSSR count). The Labute approximate surface area is 72.6 Å². The van der Waals surface area contributed by atoms with Gasteiger partial charge in [0.15, 0.2) is 6.04 Å². The molecule has 13 heavy (non-hydrogen) atoms. The summed E-state index contributed by atoms with van der Waals surface area (Å²) < 4.78 is 40.0. The number of nitrogens with one attached hydrogen (secondary N) is 1. The van der Waals surface area contributed by atoms with E-state index < -0.39 is 24.6 Å². The van der Waals surface area contributed by atoms with E-state index in [1.54, 1.807) is 0 Å². The second-order valence-electron chi connectivity index (χ2n) is 2.20. The summed E-state index contributed by atoms with van der Waals surface area (Å²) in [6, 6.07) is -2.29. The molecule has 0 saturated carbocycles. The van der Waals surface area contributed by atoms with Crippen molar-refractivity contribution in [2.24, 2.45) is 5.11 Å². The molecule has 0 aliphatic carbocycles. The molecule has 0 aliphatic rings. The number of ether oxygens (including phenoxy) is 1. The van der Waals surface area contributed by atoms with Gasteiger partial charge in [0.1, 0.15) is 0 Å². The third-order valence-corrected chi connectivity index (χ3v) is 1.20. The van der Waals surface area contributed by atoms with Crippen LogP contribution in [0.15, 0.2) is 5.11 Å². The summed E-state index contributed by atoms with van der Waals surface area (Å²) in [5.74, 6) is -0.999. The van der Waals surface area contributed by atoms with Gasteiger partial charge in [-0.2, -0.15) is 18.3 Å². The molecule has 0 radical (unpaired) electrons. The zero-order valence-electron chi connectivity index (χ0n) is 6.89. The van der Waals surface area contributed by atoms with Gasteiger partial charge in [-0.1, -0.05) is 0 Å². The smallest absolute Gasteiger partial charge is 0.413 e. The molecule has 0 amide bonds. The van der Waals surface area contributed by atoms with Crippen LogP contribution in [-0.4, -0.2) is 24.8 Å². The van der Waals surface area contributed by atoms with Crippen molar-refractivity contribution in [1.82, 2.24) is 0 Å². The van der Waals surface area contributed by atoms with Crippen LogP contribution < -0.4 is 0 Å². The molecule has 0 heterocycles. The highest BCUT2D eigenvalue weighted by Crippen LogP contribution is 2.25. The molecule has 76 valence electrons. The van der Waals surface area contributed by atoms with Crippen LogP contribution in [0.3, 0.4) is 0 Å². The predicted octanol–water partition coefficient (Wildman–Crippen LogP) is 1.90. The number of nitrogens with zero attached hydrogens (tertiary/aromatic N) is 1. The van der Waals surface area contributed by atoms with Gasteiger partial charge in [-0.05, 0) is 6.92 Å². The Kier molecular flexibility index (Phi) is 4.36. The second kappa shape index (κ2) is 4.78. The number of hydrogen-bond donors (Lipinski definition) is 1. The molecule has 0 bridgehead atoms. The summed E-state index contributed by atoms with van der Waals surface area (Å²) in [7, 11) is 0. The van der Waals surface area contributed by atoms with E-state index in [2.05, 4.69) is 9.85 Å². The van der Waals surface area contributed by atoms with Crippen LogP contribution in [0.25, 0.3) is 0 Å². The van der Waals surface area contributed by atoms with Crippen molar-refractivity contribution in [2.45, 2.75) is 25.6 Å². The molecule has 0 aromatic carbocycles. The fourth-order valence-electron chi connectivity index (χ4n) is 0.612. The van der Waals surface area contributed by atoms with E-state index in [0.29, 0.717) is 0 Å². The number of carbonyl (C=O) groups is 1. The van der Waals surface area contributed by atoms with Crippen LogP contribution in [0.5, 0.6) is 0 Å². The Bertz CT molecular complexity index is 193. The van der Waals surface area contributed by atoms with Gasteiger partial charge in [0.05, 0.1) is 13.0 Å². The number of halogens is 3.